The third-order valence-electron chi connectivity index (χ3n) is 4.37. The first kappa shape index (κ1) is 14.5. The van der Waals surface area contributed by atoms with Gasteiger partial charge < -0.3 is 15.5 Å². The van der Waals surface area contributed by atoms with Crippen molar-refractivity contribution in [1.29, 1.82) is 0 Å². The van der Waals surface area contributed by atoms with Crippen LogP contribution in [0.15, 0.2) is 71.9 Å². The van der Waals surface area contributed by atoms with Crippen molar-refractivity contribution in [3.8, 4) is 0 Å². The number of carbonyl (C=O) groups is 2. The van der Waals surface area contributed by atoms with Crippen LogP contribution < -0.4 is 10.6 Å². The first-order valence-corrected chi connectivity index (χ1v) is 7.91. The number of benzene rings is 2. The number of amides is 3. The summed E-state index contributed by atoms with van der Waals surface area (Å²) in [6.07, 6.45) is 0. The number of nitrogens with zero attached hydrogens (tertiary/aromatic N) is 1. The van der Waals surface area contributed by atoms with Crippen molar-refractivity contribution in [3.63, 3.8) is 0 Å². The second kappa shape index (κ2) is 5.85. The standard InChI is InChI=1S/C19H17N3O2/c23-18-16-15(12-22(18)11-13-7-3-1-4-8-13)20-19(24)21-17(16)14-9-5-2-6-10-14/h1-10,17H,11-12H2,(H2,20,21,24)/t17-/m1/s1. The Balaban J connectivity index is 1.63. The second-order valence-corrected chi connectivity index (χ2v) is 5.98. The summed E-state index contributed by atoms with van der Waals surface area (Å²) in [6, 6.07) is 18.8. The van der Waals surface area contributed by atoms with Crippen molar-refractivity contribution >= 4 is 11.9 Å². The molecule has 0 unspecified atom stereocenters. The lowest BCUT2D eigenvalue weighted by Crippen LogP contribution is -2.44. The summed E-state index contributed by atoms with van der Waals surface area (Å²) in [7, 11) is 0. The highest BCUT2D eigenvalue weighted by atomic mass is 16.2. The molecule has 0 radical (unpaired) electrons. The molecule has 1 atom stereocenters. The van der Waals surface area contributed by atoms with Crippen LogP contribution in [-0.4, -0.2) is 23.4 Å². The fourth-order valence-corrected chi connectivity index (χ4v) is 3.26. The molecule has 2 heterocycles. The van der Waals surface area contributed by atoms with Crippen molar-refractivity contribution in [2.24, 2.45) is 0 Å². The van der Waals surface area contributed by atoms with Crippen LogP contribution in [0, 0.1) is 0 Å². The Kier molecular flexibility index (Phi) is 3.54. The quantitative estimate of drug-likeness (QED) is 0.912. The molecule has 2 aromatic carbocycles. The number of hydrogen-bond acceptors (Lipinski definition) is 2. The van der Waals surface area contributed by atoms with Crippen LogP contribution in [-0.2, 0) is 11.3 Å². The molecule has 0 aliphatic carbocycles. The van der Waals surface area contributed by atoms with E-state index >= 15 is 0 Å². The maximum absolute atomic E-state index is 12.9. The topological polar surface area (TPSA) is 61.4 Å². The molecule has 0 saturated heterocycles. The van der Waals surface area contributed by atoms with Gasteiger partial charge in [0.05, 0.1) is 23.9 Å². The van der Waals surface area contributed by atoms with Crippen LogP contribution in [0.5, 0.6) is 0 Å². The Morgan fingerprint density at radius 2 is 1.62 bits per heavy atom. The predicted octanol–water partition coefficient (Wildman–Crippen LogP) is 2.34. The van der Waals surface area contributed by atoms with Gasteiger partial charge in [-0.1, -0.05) is 60.7 Å². The van der Waals surface area contributed by atoms with E-state index in [0.717, 1.165) is 11.1 Å². The molecule has 0 bridgehead atoms. The lowest BCUT2D eigenvalue weighted by molar-refractivity contribution is -0.126. The van der Waals surface area contributed by atoms with Gasteiger partial charge in [0, 0.05) is 6.54 Å². The molecule has 2 aromatic rings. The van der Waals surface area contributed by atoms with E-state index in [0.29, 0.717) is 24.4 Å². The van der Waals surface area contributed by atoms with E-state index in [9.17, 15) is 9.59 Å². The number of carbonyl (C=O) groups excluding carboxylic acids is 2. The van der Waals surface area contributed by atoms with Gasteiger partial charge in [-0.2, -0.15) is 0 Å². The highest BCUT2D eigenvalue weighted by Gasteiger charge is 2.40. The summed E-state index contributed by atoms with van der Waals surface area (Å²) in [5.41, 5.74) is 3.32. The Hall–Kier alpha value is -3.08. The Morgan fingerprint density at radius 1 is 0.958 bits per heavy atom. The van der Waals surface area contributed by atoms with Gasteiger partial charge in [-0.15, -0.1) is 0 Å². The number of rotatable bonds is 3. The fourth-order valence-electron chi connectivity index (χ4n) is 3.26. The summed E-state index contributed by atoms with van der Waals surface area (Å²) >= 11 is 0. The zero-order valence-electron chi connectivity index (χ0n) is 13.0. The molecule has 0 saturated carbocycles. The number of hydrogen-bond donors (Lipinski definition) is 2. The molecular weight excluding hydrogens is 302 g/mol. The predicted molar refractivity (Wildman–Crippen MR) is 89.7 cm³/mol. The van der Waals surface area contributed by atoms with Gasteiger partial charge in [0.1, 0.15) is 0 Å². The molecule has 5 nitrogen and oxygen atoms in total. The van der Waals surface area contributed by atoms with E-state index in [-0.39, 0.29) is 11.9 Å². The van der Waals surface area contributed by atoms with Crippen LogP contribution >= 0.6 is 0 Å². The molecule has 24 heavy (non-hydrogen) atoms. The van der Waals surface area contributed by atoms with Gasteiger partial charge in [0.25, 0.3) is 5.91 Å². The van der Waals surface area contributed by atoms with E-state index in [4.69, 9.17) is 0 Å². The molecule has 2 aliphatic rings. The first-order valence-electron chi connectivity index (χ1n) is 7.91. The summed E-state index contributed by atoms with van der Waals surface area (Å²) in [6.45, 7) is 0.962. The minimum absolute atomic E-state index is 0.0322. The van der Waals surface area contributed by atoms with Crippen molar-refractivity contribution in [3.05, 3.63) is 83.1 Å². The van der Waals surface area contributed by atoms with Crippen molar-refractivity contribution in [2.75, 3.05) is 6.54 Å². The van der Waals surface area contributed by atoms with Gasteiger partial charge in [0.15, 0.2) is 0 Å². The van der Waals surface area contributed by atoms with Crippen molar-refractivity contribution in [1.82, 2.24) is 15.5 Å². The highest BCUT2D eigenvalue weighted by Crippen LogP contribution is 2.32. The van der Waals surface area contributed by atoms with E-state index in [1.165, 1.54) is 0 Å². The Bertz CT molecular complexity index is 815. The smallest absolute Gasteiger partial charge is 0.319 e. The van der Waals surface area contributed by atoms with Gasteiger partial charge in [-0.05, 0) is 11.1 Å². The highest BCUT2D eigenvalue weighted by molar-refractivity contribution is 6.01. The van der Waals surface area contributed by atoms with Crippen LogP contribution in [0.25, 0.3) is 0 Å². The van der Waals surface area contributed by atoms with Crippen LogP contribution in [0.1, 0.15) is 17.2 Å². The van der Waals surface area contributed by atoms with Crippen molar-refractivity contribution in [2.45, 2.75) is 12.6 Å². The lowest BCUT2D eigenvalue weighted by atomic mass is 9.96. The normalized spacial score (nSPS) is 19.8. The summed E-state index contributed by atoms with van der Waals surface area (Å²) in [4.78, 5) is 26.7. The minimum atomic E-state index is -0.400. The summed E-state index contributed by atoms with van der Waals surface area (Å²) < 4.78 is 0. The van der Waals surface area contributed by atoms with Crippen LogP contribution in [0.4, 0.5) is 4.79 Å². The maximum Gasteiger partial charge on any atom is 0.319 e. The molecule has 0 spiro atoms. The van der Waals surface area contributed by atoms with Gasteiger partial charge in [-0.25, -0.2) is 4.79 Å². The lowest BCUT2D eigenvalue weighted by Gasteiger charge is -2.25. The van der Waals surface area contributed by atoms with Crippen LogP contribution in [0.2, 0.25) is 0 Å². The minimum Gasteiger partial charge on any atom is -0.329 e. The van der Waals surface area contributed by atoms with E-state index < -0.39 is 6.04 Å². The second-order valence-electron chi connectivity index (χ2n) is 5.98. The maximum atomic E-state index is 12.9. The molecule has 120 valence electrons. The fraction of sp³-hybridized carbons (Fsp3) is 0.158. The van der Waals surface area contributed by atoms with E-state index in [1.807, 2.05) is 60.7 Å². The largest absolute Gasteiger partial charge is 0.329 e. The molecule has 3 amide bonds. The first-order chi connectivity index (χ1) is 11.7. The van der Waals surface area contributed by atoms with E-state index in [2.05, 4.69) is 10.6 Å². The monoisotopic (exact) mass is 319 g/mol. The SMILES string of the molecule is O=C1NC2=C(C(=O)N(Cc3ccccc3)C2)[C@@H](c2ccccc2)N1. The third kappa shape index (κ3) is 2.54. The third-order valence-corrected chi connectivity index (χ3v) is 4.37. The molecule has 0 fully saturated rings. The summed E-state index contributed by atoms with van der Waals surface area (Å²) in [5.74, 6) is -0.0322. The molecule has 5 heteroatoms. The molecular formula is C19H17N3O2. The Labute approximate surface area is 140 Å². The average molecular weight is 319 g/mol. The zero-order valence-corrected chi connectivity index (χ0v) is 13.0. The average Bonchev–Trinajstić information content (AvgIpc) is 2.91. The molecule has 2 aliphatic heterocycles. The van der Waals surface area contributed by atoms with Crippen molar-refractivity contribution < 1.29 is 9.59 Å². The molecule has 0 aromatic heterocycles. The van der Waals surface area contributed by atoms with Crippen LogP contribution in [0.3, 0.4) is 0 Å². The Morgan fingerprint density at radius 3 is 2.33 bits per heavy atom. The van der Waals surface area contributed by atoms with E-state index in [1.54, 1.807) is 4.90 Å². The van der Waals surface area contributed by atoms with Gasteiger partial charge in [0.2, 0.25) is 0 Å². The van der Waals surface area contributed by atoms with Gasteiger partial charge in [-0.3, -0.25) is 4.79 Å². The molecule has 2 N–H and O–H groups in total. The summed E-state index contributed by atoms with van der Waals surface area (Å²) in [5, 5.41) is 5.65. The molecule has 4 rings (SSSR count). The van der Waals surface area contributed by atoms with Gasteiger partial charge >= 0.3 is 6.03 Å². The number of nitrogens with one attached hydrogen (secondary N) is 2. The number of urea groups is 1. The zero-order chi connectivity index (χ0) is 16.5.